The van der Waals surface area contributed by atoms with Crippen molar-refractivity contribution in [3.63, 3.8) is 0 Å². The van der Waals surface area contributed by atoms with Crippen molar-refractivity contribution in [2.45, 2.75) is 66.0 Å². The molecule has 0 saturated heterocycles. The van der Waals surface area contributed by atoms with Crippen LogP contribution in [-0.2, 0) is 22.7 Å². The van der Waals surface area contributed by atoms with Crippen molar-refractivity contribution in [3.8, 4) is 11.5 Å². The number of aryl methyl sites for hydroxylation is 1. The number of fused-ring (bicyclic) bond motifs is 1. The molecule has 0 bridgehead atoms. The number of carbonyl (C=O) groups excluding carboxylic acids is 2. The number of rotatable bonds is 12. The summed E-state index contributed by atoms with van der Waals surface area (Å²) >= 11 is 0. The fourth-order valence-corrected chi connectivity index (χ4v) is 3.76. The zero-order valence-electron chi connectivity index (χ0n) is 19.4. The van der Waals surface area contributed by atoms with Crippen molar-refractivity contribution in [1.82, 2.24) is 9.80 Å². The minimum absolute atomic E-state index is 0.0468. The summed E-state index contributed by atoms with van der Waals surface area (Å²) in [6.45, 7) is 7.60. The third-order valence-electron chi connectivity index (χ3n) is 5.47. The molecule has 7 nitrogen and oxygen atoms in total. The van der Waals surface area contributed by atoms with Crippen LogP contribution < -0.4 is 9.47 Å². The first-order valence-corrected chi connectivity index (χ1v) is 11.5. The summed E-state index contributed by atoms with van der Waals surface area (Å²) in [5.41, 5.74) is 0.933. The molecule has 3 rings (SSSR count). The average molecular weight is 443 g/mol. The van der Waals surface area contributed by atoms with Crippen molar-refractivity contribution in [3.05, 3.63) is 47.4 Å². The molecule has 2 aromatic rings. The first-order chi connectivity index (χ1) is 15.5. The molecule has 174 valence electrons. The Morgan fingerprint density at radius 1 is 0.906 bits per heavy atom. The number of furan rings is 1. The molecular weight excluding hydrogens is 408 g/mol. The van der Waals surface area contributed by atoms with Crippen molar-refractivity contribution in [1.29, 1.82) is 0 Å². The first kappa shape index (κ1) is 23.7. The molecule has 0 spiro atoms. The Balaban J connectivity index is 1.73. The van der Waals surface area contributed by atoms with Crippen molar-refractivity contribution in [2.24, 2.45) is 0 Å². The summed E-state index contributed by atoms with van der Waals surface area (Å²) in [5.74, 6) is 2.85. The zero-order chi connectivity index (χ0) is 22.9. The number of ether oxygens (including phenoxy) is 2. The van der Waals surface area contributed by atoms with Gasteiger partial charge in [0.15, 0.2) is 11.5 Å². The lowest BCUT2D eigenvalue weighted by Gasteiger charge is -2.27. The van der Waals surface area contributed by atoms with Crippen LogP contribution in [0, 0.1) is 6.92 Å². The van der Waals surface area contributed by atoms with E-state index >= 15 is 0 Å². The minimum Gasteiger partial charge on any atom is -0.464 e. The van der Waals surface area contributed by atoms with Gasteiger partial charge in [-0.05, 0) is 49.6 Å². The lowest BCUT2D eigenvalue weighted by Crippen LogP contribution is -2.42. The van der Waals surface area contributed by atoms with E-state index in [9.17, 15) is 9.59 Å². The van der Waals surface area contributed by atoms with Crippen LogP contribution in [-0.4, -0.2) is 41.5 Å². The topological polar surface area (TPSA) is 72.2 Å². The van der Waals surface area contributed by atoms with Crippen LogP contribution in [0.3, 0.4) is 0 Å². The van der Waals surface area contributed by atoms with Crippen LogP contribution in [0.5, 0.6) is 11.5 Å². The molecule has 1 aromatic carbocycles. The molecule has 1 aromatic heterocycles. The van der Waals surface area contributed by atoms with Gasteiger partial charge in [-0.1, -0.05) is 32.8 Å². The van der Waals surface area contributed by atoms with Crippen LogP contribution in [0.15, 0.2) is 34.7 Å². The predicted octanol–water partition coefficient (Wildman–Crippen LogP) is 4.66. The molecule has 0 unspecified atom stereocenters. The van der Waals surface area contributed by atoms with Gasteiger partial charge in [0.25, 0.3) is 0 Å². The SMILES string of the molecule is CCCCCC(=O)N(CCC)CC(=O)N(Cc1ccc2c(c1)OCO2)Cc1ccc(C)o1. The molecule has 32 heavy (non-hydrogen) atoms. The van der Waals surface area contributed by atoms with E-state index in [0.717, 1.165) is 37.0 Å². The van der Waals surface area contributed by atoms with Crippen LogP contribution in [0.2, 0.25) is 0 Å². The van der Waals surface area contributed by atoms with Gasteiger partial charge in [0, 0.05) is 19.5 Å². The van der Waals surface area contributed by atoms with Gasteiger partial charge in [-0.3, -0.25) is 9.59 Å². The molecule has 7 heteroatoms. The van der Waals surface area contributed by atoms with Gasteiger partial charge >= 0.3 is 0 Å². The highest BCUT2D eigenvalue weighted by Crippen LogP contribution is 2.33. The third kappa shape index (κ3) is 6.52. The number of amides is 2. The number of hydrogen-bond donors (Lipinski definition) is 0. The number of unbranched alkanes of at least 4 members (excludes halogenated alkanes) is 2. The summed E-state index contributed by atoms with van der Waals surface area (Å²) in [4.78, 5) is 29.5. The largest absolute Gasteiger partial charge is 0.464 e. The Labute approximate surface area is 190 Å². The summed E-state index contributed by atoms with van der Waals surface area (Å²) in [7, 11) is 0. The van der Waals surface area contributed by atoms with Crippen LogP contribution in [0.4, 0.5) is 0 Å². The van der Waals surface area contributed by atoms with Gasteiger partial charge in [-0.25, -0.2) is 0 Å². The van der Waals surface area contributed by atoms with Gasteiger partial charge < -0.3 is 23.7 Å². The van der Waals surface area contributed by atoms with E-state index in [1.165, 1.54) is 0 Å². The molecular formula is C25H34N2O5. The molecule has 2 amide bonds. The summed E-state index contributed by atoms with van der Waals surface area (Å²) in [6.07, 6.45) is 4.24. The van der Waals surface area contributed by atoms with E-state index < -0.39 is 0 Å². The molecule has 0 saturated carbocycles. The van der Waals surface area contributed by atoms with Crippen molar-refractivity contribution in [2.75, 3.05) is 19.9 Å². The van der Waals surface area contributed by atoms with E-state index in [2.05, 4.69) is 6.92 Å². The van der Waals surface area contributed by atoms with E-state index in [-0.39, 0.29) is 25.2 Å². The molecule has 0 fully saturated rings. The third-order valence-corrected chi connectivity index (χ3v) is 5.47. The van der Waals surface area contributed by atoms with Gasteiger partial charge in [0.1, 0.15) is 11.5 Å². The molecule has 0 N–H and O–H groups in total. The summed E-state index contributed by atoms with van der Waals surface area (Å²) in [6, 6.07) is 9.46. The maximum absolute atomic E-state index is 13.3. The van der Waals surface area contributed by atoms with E-state index in [4.69, 9.17) is 13.9 Å². The second-order valence-corrected chi connectivity index (χ2v) is 8.22. The highest BCUT2D eigenvalue weighted by molar-refractivity contribution is 5.84. The zero-order valence-corrected chi connectivity index (χ0v) is 19.4. The van der Waals surface area contributed by atoms with Crippen molar-refractivity contribution < 1.29 is 23.5 Å². The smallest absolute Gasteiger partial charge is 0.242 e. The highest BCUT2D eigenvalue weighted by atomic mass is 16.7. The monoisotopic (exact) mass is 442 g/mol. The number of hydrogen-bond acceptors (Lipinski definition) is 5. The molecule has 2 heterocycles. The molecule has 0 aliphatic carbocycles. The molecule has 1 aliphatic rings. The standard InChI is InChI=1S/C25H34N2O5/c1-4-6-7-8-24(28)26(13-5-2)17-25(29)27(16-21-11-9-19(3)32-21)15-20-10-12-22-23(14-20)31-18-30-22/h9-12,14H,4-8,13,15-18H2,1-3H3. The van der Waals surface area contributed by atoms with Gasteiger partial charge in [0.05, 0.1) is 13.1 Å². The fourth-order valence-electron chi connectivity index (χ4n) is 3.76. The summed E-state index contributed by atoms with van der Waals surface area (Å²) < 4.78 is 16.6. The van der Waals surface area contributed by atoms with E-state index in [1.54, 1.807) is 9.80 Å². The first-order valence-electron chi connectivity index (χ1n) is 11.5. The quantitative estimate of drug-likeness (QED) is 0.447. The fraction of sp³-hybridized carbons (Fsp3) is 0.520. The molecule has 0 radical (unpaired) electrons. The van der Waals surface area contributed by atoms with Gasteiger partial charge in [-0.2, -0.15) is 0 Å². The van der Waals surface area contributed by atoms with Crippen LogP contribution >= 0.6 is 0 Å². The predicted molar refractivity (Wildman–Crippen MR) is 121 cm³/mol. The maximum Gasteiger partial charge on any atom is 0.242 e. The normalized spacial score (nSPS) is 12.1. The Morgan fingerprint density at radius 3 is 2.44 bits per heavy atom. The average Bonchev–Trinajstić information content (AvgIpc) is 3.41. The maximum atomic E-state index is 13.3. The van der Waals surface area contributed by atoms with E-state index in [1.807, 2.05) is 44.2 Å². The van der Waals surface area contributed by atoms with Crippen LogP contribution in [0.25, 0.3) is 0 Å². The lowest BCUT2D eigenvalue weighted by molar-refractivity contribution is -0.141. The Hall–Kier alpha value is -2.96. The number of carbonyl (C=O) groups is 2. The molecule has 1 aliphatic heterocycles. The Bertz CT molecular complexity index is 907. The number of nitrogens with zero attached hydrogens (tertiary/aromatic N) is 2. The lowest BCUT2D eigenvalue weighted by atomic mass is 10.1. The Kier molecular flexibility index (Phi) is 8.59. The van der Waals surface area contributed by atoms with Gasteiger partial charge in [-0.15, -0.1) is 0 Å². The second-order valence-electron chi connectivity index (χ2n) is 8.22. The molecule has 0 atom stereocenters. The second kappa shape index (κ2) is 11.6. The summed E-state index contributed by atoms with van der Waals surface area (Å²) in [5, 5.41) is 0. The number of benzene rings is 1. The van der Waals surface area contributed by atoms with E-state index in [0.29, 0.717) is 43.3 Å². The minimum atomic E-state index is -0.103. The van der Waals surface area contributed by atoms with Crippen LogP contribution in [0.1, 0.15) is 63.0 Å². The highest BCUT2D eigenvalue weighted by Gasteiger charge is 2.23. The van der Waals surface area contributed by atoms with Crippen molar-refractivity contribution >= 4 is 11.8 Å². The van der Waals surface area contributed by atoms with Gasteiger partial charge in [0.2, 0.25) is 18.6 Å². The Morgan fingerprint density at radius 2 is 1.72 bits per heavy atom.